The smallest absolute Gasteiger partial charge is 0.226 e. The lowest BCUT2D eigenvalue weighted by Gasteiger charge is -2.28. The summed E-state index contributed by atoms with van der Waals surface area (Å²) < 4.78 is 2.15. The molecular weight excluding hydrogens is 516 g/mol. The number of halogens is 1. The van der Waals surface area contributed by atoms with Gasteiger partial charge in [-0.3, -0.25) is 9.78 Å². The van der Waals surface area contributed by atoms with E-state index in [9.17, 15) is 4.79 Å². The molecule has 9 heteroatoms. The Hall–Kier alpha value is -3.75. The van der Waals surface area contributed by atoms with Crippen molar-refractivity contribution in [1.82, 2.24) is 19.9 Å². The van der Waals surface area contributed by atoms with Gasteiger partial charge in [-0.1, -0.05) is 37.6 Å². The second-order valence-corrected chi connectivity index (χ2v) is 10.4. The normalized spacial score (nSPS) is 17.1. The Morgan fingerprint density at radius 2 is 1.79 bits per heavy atom. The van der Waals surface area contributed by atoms with Crippen molar-refractivity contribution < 1.29 is 4.79 Å². The number of hydrogen-bond acceptors (Lipinski definition) is 4. The second-order valence-electron chi connectivity index (χ2n) is 9.65. The molecule has 4 heterocycles. The Morgan fingerprint density at radius 1 is 1.05 bits per heavy atom. The molecule has 0 spiro atoms. The summed E-state index contributed by atoms with van der Waals surface area (Å²) in [6.07, 6.45) is 3.59. The number of nitrogens with one attached hydrogen (secondary N) is 2. The lowest BCUT2D eigenvalue weighted by atomic mass is 9.96. The predicted molar refractivity (Wildman–Crippen MR) is 156 cm³/mol. The van der Waals surface area contributed by atoms with Crippen LogP contribution in [0.3, 0.4) is 0 Å². The summed E-state index contributed by atoms with van der Waals surface area (Å²) in [6, 6.07) is 19.2. The van der Waals surface area contributed by atoms with E-state index in [0.29, 0.717) is 15.8 Å². The molecule has 0 aliphatic carbocycles. The summed E-state index contributed by atoms with van der Waals surface area (Å²) in [4.78, 5) is 23.6. The summed E-state index contributed by atoms with van der Waals surface area (Å²) in [5, 5.41) is 7.41. The third-order valence-electron chi connectivity index (χ3n) is 6.78. The van der Waals surface area contributed by atoms with E-state index in [-0.39, 0.29) is 23.9 Å². The molecule has 194 valence electrons. The number of pyridine rings is 2. The predicted octanol–water partition coefficient (Wildman–Crippen LogP) is 6.31. The van der Waals surface area contributed by atoms with Gasteiger partial charge in [0.1, 0.15) is 5.82 Å². The lowest BCUT2D eigenvalue weighted by Crippen LogP contribution is -2.29. The summed E-state index contributed by atoms with van der Waals surface area (Å²) in [5.41, 5.74) is 5.51. The van der Waals surface area contributed by atoms with Gasteiger partial charge in [-0.05, 0) is 80.2 Å². The van der Waals surface area contributed by atoms with Crippen molar-refractivity contribution in [3.63, 3.8) is 0 Å². The molecule has 4 aromatic rings. The summed E-state index contributed by atoms with van der Waals surface area (Å²) in [7, 11) is 0. The molecule has 5 rings (SSSR count). The van der Waals surface area contributed by atoms with E-state index < -0.39 is 0 Å². The first-order valence-corrected chi connectivity index (χ1v) is 13.3. The highest BCUT2D eigenvalue weighted by molar-refractivity contribution is 7.80. The molecule has 2 N–H and O–H groups in total. The van der Waals surface area contributed by atoms with Crippen molar-refractivity contribution >= 4 is 46.2 Å². The fourth-order valence-electron chi connectivity index (χ4n) is 4.91. The van der Waals surface area contributed by atoms with Gasteiger partial charge in [-0.15, -0.1) is 0 Å². The van der Waals surface area contributed by atoms with Crippen LogP contribution in [-0.4, -0.2) is 25.6 Å². The van der Waals surface area contributed by atoms with Gasteiger partial charge < -0.3 is 20.1 Å². The summed E-state index contributed by atoms with van der Waals surface area (Å²) >= 11 is 12.6. The standard InChI is InChI=1S/C29H29ClN6OS/c1-17(2)28(37)33-23-12-11-20(16-22(23)30)36-27(26(34-29(36)38)24-9-5-7-13-31-24)21-15-18(3)35(19(21)4)25-10-6-8-14-32-25/h5-17,26-27H,1-4H3,(H,33,37)(H,34,38)/t26-,27-/m0/s1. The molecule has 0 radical (unpaired) electrons. The van der Waals surface area contributed by atoms with Crippen LogP contribution in [0.25, 0.3) is 5.82 Å². The molecule has 1 aromatic carbocycles. The van der Waals surface area contributed by atoms with E-state index in [1.54, 1.807) is 12.4 Å². The Bertz CT molecular complexity index is 1490. The van der Waals surface area contributed by atoms with Gasteiger partial charge in [-0.2, -0.15) is 0 Å². The maximum atomic E-state index is 12.3. The Labute approximate surface area is 232 Å². The van der Waals surface area contributed by atoms with Crippen molar-refractivity contribution in [2.75, 3.05) is 10.2 Å². The molecule has 2 atom stereocenters. The highest BCUT2D eigenvalue weighted by atomic mass is 35.5. The molecule has 0 bridgehead atoms. The topological polar surface area (TPSA) is 75.1 Å². The Kier molecular flexibility index (Phi) is 7.19. The minimum absolute atomic E-state index is 0.0898. The van der Waals surface area contributed by atoms with Crippen molar-refractivity contribution in [3.05, 3.63) is 101 Å². The van der Waals surface area contributed by atoms with Gasteiger partial charge in [0.05, 0.1) is 28.5 Å². The third-order valence-corrected chi connectivity index (χ3v) is 7.41. The molecule has 0 unspecified atom stereocenters. The van der Waals surface area contributed by atoms with E-state index in [2.05, 4.69) is 50.0 Å². The number of nitrogens with zero attached hydrogens (tertiary/aromatic N) is 4. The van der Waals surface area contributed by atoms with Gasteiger partial charge in [0.2, 0.25) is 5.91 Å². The van der Waals surface area contributed by atoms with Crippen LogP contribution in [0.2, 0.25) is 5.02 Å². The molecular formula is C29H29ClN6OS. The monoisotopic (exact) mass is 544 g/mol. The van der Waals surface area contributed by atoms with E-state index >= 15 is 0 Å². The number of amides is 1. The Morgan fingerprint density at radius 3 is 2.42 bits per heavy atom. The molecule has 1 aliphatic heterocycles. The van der Waals surface area contributed by atoms with Crippen molar-refractivity contribution in [2.24, 2.45) is 5.92 Å². The zero-order valence-electron chi connectivity index (χ0n) is 21.6. The van der Waals surface area contributed by atoms with Crippen LogP contribution < -0.4 is 15.5 Å². The quantitative estimate of drug-likeness (QED) is 0.277. The first-order valence-electron chi connectivity index (χ1n) is 12.5. The SMILES string of the molecule is Cc1cc([C@H]2[C@H](c3ccccn3)NC(=S)N2c2ccc(NC(=O)C(C)C)c(Cl)c2)c(C)n1-c1ccccn1. The maximum Gasteiger partial charge on any atom is 0.226 e. The van der Waals surface area contributed by atoms with Crippen molar-refractivity contribution in [2.45, 2.75) is 39.8 Å². The lowest BCUT2D eigenvalue weighted by molar-refractivity contribution is -0.118. The first-order chi connectivity index (χ1) is 18.3. The molecule has 1 aliphatic rings. The number of anilines is 2. The van der Waals surface area contributed by atoms with Crippen LogP contribution in [-0.2, 0) is 4.79 Å². The fraction of sp³-hybridized carbons (Fsp3) is 0.241. The number of aromatic nitrogens is 3. The van der Waals surface area contributed by atoms with Gasteiger partial charge in [0.15, 0.2) is 5.11 Å². The molecule has 0 saturated carbocycles. The third kappa shape index (κ3) is 4.77. The molecule has 1 fully saturated rings. The van der Waals surface area contributed by atoms with E-state index in [4.69, 9.17) is 23.8 Å². The number of aryl methyl sites for hydroxylation is 1. The van der Waals surface area contributed by atoms with E-state index in [1.807, 2.05) is 68.4 Å². The Balaban J connectivity index is 1.61. The number of hydrogen-bond donors (Lipinski definition) is 2. The van der Waals surface area contributed by atoms with Crippen molar-refractivity contribution in [1.29, 1.82) is 0 Å². The second kappa shape index (κ2) is 10.6. The maximum absolute atomic E-state index is 12.3. The van der Waals surface area contributed by atoms with Crippen LogP contribution in [0.15, 0.2) is 73.1 Å². The van der Waals surface area contributed by atoms with Crippen LogP contribution in [0.4, 0.5) is 11.4 Å². The van der Waals surface area contributed by atoms with Gasteiger partial charge in [-0.25, -0.2) is 4.98 Å². The number of rotatable bonds is 6. The highest BCUT2D eigenvalue weighted by Crippen LogP contribution is 2.44. The number of thiocarbonyl (C=S) groups is 1. The van der Waals surface area contributed by atoms with Gasteiger partial charge in [0, 0.05) is 35.4 Å². The van der Waals surface area contributed by atoms with E-state index in [1.165, 1.54) is 0 Å². The molecule has 38 heavy (non-hydrogen) atoms. The van der Waals surface area contributed by atoms with Gasteiger partial charge >= 0.3 is 0 Å². The molecule has 1 saturated heterocycles. The molecule has 7 nitrogen and oxygen atoms in total. The highest BCUT2D eigenvalue weighted by Gasteiger charge is 2.42. The van der Waals surface area contributed by atoms with Crippen LogP contribution in [0.5, 0.6) is 0 Å². The summed E-state index contributed by atoms with van der Waals surface area (Å²) in [5.74, 6) is 0.614. The summed E-state index contributed by atoms with van der Waals surface area (Å²) in [6.45, 7) is 7.87. The molecule has 1 amide bonds. The minimum Gasteiger partial charge on any atom is -0.351 e. The van der Waals surface area contributed by atoms with Crippen LogP contribution >= 0.6 is 23.8 Å². The van der Waals surface area contributed by atoms with Gasteiger partial charge in [0.25, 0.3) is 0 Å². The van der Waals surface area contributed by atoms with Crippen LogP contribution in [0, 0.1) is 19.8 Å². The average molecular weight is 545 g/mol. The minimum atomic E-state index is -0.201. The largest absolute Gasteiger partial charge is 0.351 e. The number of carbonyl (C=O) groups is 1. The first kappa shape index (κ1) is 25.9. The van der Waals surface area contributed by atoms with Crippen LogP contribution in [0.1, 0.15) is 48.6 Å². The number of carbonyl (C=O) groups excluding carboxylic acids is 1. The zero-order valence-corrected chi connectivity index (χ0v) is 23.2. The van der Waals surface area contributed by atoms with E-state index in [0.717, 1.165) is 34.2 Å². The molecule has 3 aromatic heterocycles. The zero-order chi connectivity index (χ0) is 27.0. The van der Waals surface area contributed by atoms with Crippen molar-refractivity contribution in [3.8, 4) is 5.82 Å². The average Bonchev–Trinajstić information content (AvgIpc) is 3.41. The number of benzene rings is 1. The fourth-order valence-corrected chi connectivity index (χ4v) is 5.47.